The van der Waals surface area contributed by atoms with Gasteiger partial charge in [-0.3, -0.25) is 4.79 Å². The number of aryl methyl sites for hydroxylation is 1. The Kier molecular flexibility index (Phi) is 4.63. The molecule has 2 atom stereocenters. The summed E-state index contributed by atoms with van der Waals surface area (Å²) in [5.74, 6) is -2.34. The van der Waals surface area contributed by atoms with Crippen molar-refractivity contribution in [2.45, 2.75) is 43.5 Å². The van der Waals surface area contributed by atoms with E-state index in [0.717, 1.165) is 18.9 Å². The summed E-state index contributed by atoms with van der Waals surface area (Å²) in [6, 6.07) is 3.01. The molecule has 0 saturated heterocycles. The molecule has 0 aromatic heterocycles. The molecule has 1 fully saturated rings. The highest BCUT2D eigenvalue weighted by Gasteiger charge is 2.34. The first-order valence-electron chi connectivity index (χ1n) is 6.82. The van der Waals surface area contributed by atoms with Crippen LogP contribution in [0.5, 0.6) is 0 Å². The predicted octanol–water partition coefficient (Wildman–Crippen LogP) is 2.06. The summed E-state index contributed by atoms with van der Waals surface area (Å²) in [6.45, 7) is 1.54. The number of hydrogen-bond acceptors (Lipinski definition) is 3. The van der Waals surface area contributed by atoms with Crippen molar-refractivity contribution in [3.05, 3.63) is 29.6 Å². The van der Waals surface area contributed by atoms with Crippen LogP contribution in [0.4, 0.5) is 4.39 Å². The van der Waals surface area contributed by atoms with Crippen molar-refractivity contribution in [3.63, 3.8) is 0 Å². The van der Waals surface area contributed by atoms with Crippen molar-refractivity contribution in [2.24, 2.45) is 5.92 Å². The number of halogens is 1. The van der Waals surface area contributed by atoms with Crippen LogP contribution in [-0.4, -0.2) is 25.5 Å². The van der Waals surface area contributed by atoms with Crippen LogP contribution in [0.3, 0.4) is 0 Å². The topological polar surface area (TPSA) is 83.5 Å². The van der Waals surface area contributed by atoms with Gasteiger partial charge in [-0.25, -0.2) is 17.5 Å². The fraction of sp³-hybridized carbons (Fsp3) is 0.500. The van der Waals surface area contributed by atoms with E-state index >= 15 is 0 Å². The van der Waals surface area contributed by atoms with E-state index in [0.29, 0.717) is 18.4 Å². The second-order valence-corrected chi connectivity index (χ2v) is 7.08. The first-order chi connectivity index (χ1) is 9.81. The Morgan fingerprint density at radius 1 is 1.33 bits per heavy atom. The minimum absolute atomic E-state index is 0.180. The first kappa shape index (κ1) is 15.9. The van der Waals surface area contributed by atoms with Crippen molar-refractivity contribution in [2.75, 3.05) is 0 Å². The molecule has 7 heteroatoms. The van der Waals surface area contributed by atoms with Crippen LogP contribution in [0, 0.1) is 18.7 Å². The molecule has 0 aliphatic heterocycles. The quantitative estimate of drug-likeness (QED) is 0.891. The molecule has 0 spiro atoms. The summed E-state index contributed by atoms with van der Waals surface area (Å²) in [5.41, 5.74) is 0.357. The Morgan fingerprint density at radius 3 is 2.62 bits per heavy atom. The van der Waals surface area contributed by atoms with E-state index in [9.17, 15) is 17.6 Å². The zero-order valence-electron chi connectivity index (χ0n) is 11.7. The molecule has 2 rings (SSSR count). The van der Waals surface area contributed by atoms with Crippen molar-refractivity contribution in [3.8, 4) is 0 Å². The van der Waals surface area contributed by atoms with Gasteiger partial charge in [-0.2, -0.15) is 0 Å². The number of aliphatic carboxylic acids is 1. The van der Waals surface area contributed by atoms with Crippen molar-refractivity contribution >= 4 is 16.0 Å². The van der Waals surface area contributed by atoms with Crippen LogP contribution < -0.4 is 4.72 Å². The van der Waals surface area contributed by atoms with E-state index in [-0.39, 0.29) is 4.90 Å². The molecule has 21 heavy (non-hydrogen) atoms. The fourth-order valence-electron chi connectivity index (χ4n) is 2.58. The van der Waals surface area contributed by atoms with Crippen LogP contribution in [0.25, 0.3) is 0 Å². The van der Waals surface area contributed by atoms with Gasteiger partial charge in [0, 0.05) is 6.04 Å². The molecule has 116 valence electrons. The molecule has 0 heterocycles. The fourth-order valence-corrected chi connectivity index (χ4v) is 3.90. The molecule has 5 nitrogen and oxygen atoms in total. The lowest BCUT2D eigenvalue weighted by atomic mass is 9.85. The zero-order valence-corrected chi connectivity index (χ0v) is 12.5. The minimum atomic E-state index is -3.92. The van der Waals surface area contributed by atoms with Gasteiger partial charge in [0.25, 0.3) is 0 Å². The van der Waals surface area contributed by atoms with Crippen molar-refractivity contribution in [1.29, 1.82) is 0 Å². The second kappa shape index (κ2) is 6.11. The number of carboxylic acid groups (broad SMARTS) is 1. The number of rotatable bonds is 4. The molecule has 1 saturated carbocycles. The zero-order chi connectivity index (χ0) is 15.6. The summed E-state index contributed by atoms with van der Waals surface area (Å²) in [5, 5.41) is 9.16. The maximum absolute atomic E-state index is 13.5. The highest BCUT2D eigenvalue weighted by molar-refractivity contribution is 7.89. The third kappa shape index (κ3) is 3.59. The van der Waals surface area contributed by atoms with Gasteiger partial charge in [-0.05, 0) is 37.5 Å². The van der Waals surface area contributed by atoms with E-state index in [1.807, 2.05) is 0 Å². The third-order valence-electron chi connectivity index (χ3n) is 3.84. The highest BCUT2D eigenvalue weighted by atomic mass is 32.2. The number of carbonyl (C=O) groups is 1. The van der Waals surface area contributed by atoms with Gasteiger partial charge in [0.15, 0.2) is 0 Å². The van der Waals surface area contributed by atoms with Crippen LogP contribution in [0.1, 0.15) is 31.2 Å². The third-order valence-corrected chi connectivity index (χ3v) is 5.33. The van der Waals surface area contributed by atoms with Gasteiger partial charge in [0.1, 0.15) is 5.82 Å². The maximum Gasteiger partial charge on any atom is 0.308 e. The van der Waals surface area contributed by atoms with Gasteiger partial charge < -0.3 is 5.11 Å². The average molecular weight is 315 g/mol. The lowest BCUT2D eigenvalue weighted by Crippen LogP contribution is -2.45. The molecule has 1 aromatic carbocycles. The monoisotopic (exact) mass is 315 g/mol. The molecular formula is C14H18FNO4S. The van der Waals surface area contributed by atoms with Gasteiger partial charge >= 0.3 is 5.97 Å². The Labute approximate surface area is 123 Å². The average Bonchev–Trinajstić information content (AvgIpc) is 2.41. The lowest BCUT2D eigenvalue weighted by molar-refractivity contribution is -0.143. The van der Waals surface area contributed by atoms with Crippen LogP contribution in [0.2, 0.25) is 0 Å². The van der Waals surface area contributed by atoms with Crippen LogP contribution >= 0.6 is 0 Å². The number of carboxylic acids is 1. The van der Waals surface area contributed by atoms with Crippen LogP contribution in [-0.2, 0) is 14.8 Å². The first-order valence-corrected chi connectivity index (χ1v) is 8.31. The maximum atomic E-state index is 13.5. The van der Waals surface area contributed by atoms with Gasteiger partial charge in [0.05, 0.1) is 10.8 Å². The number of benzene rings is 1. The molecular weight excluding hydrogens is 297 g/mol. The molecule has 0 amide bonds. The summed E-state index contributed by atoms with van der Waals surface area (Å²) >= 11 is 0. The van der Waals surface area contributed by atoms with Gasteiger partial charge in [-0.1, -0.05) is 18.9 Å². The largest absolute Gasteiger partial charge is 0.481 e. The van der Waals surface area contributed by atoms with E-state index < -0.39 is 33.8 Å². The number of hydrogen-bond donors (Lipinski definition) is 2. The summed E-state index contributed by atoms with van der Waals surface area (Å²) in [4.78, 5) is 11.0. The molecule has 1 aliphatic rings. The highest BCUT2D eigenvalue weighted by Crippen LogP contribution is 2.26. The molecule has 0 radical (unpaired) electrons. The number of nitrogens with one attached hydrogen (secondary N) is 1. The SMILES string of the molecule is Cc1ccc(S(=O)(=O)NC2CCCCC2C(=O)O)cc1F. The van der Waals surface area contributed by atoms with E-state index in [1.54, 1.807) is 6.92 Å². The normalized spacial score (nSPS) is 23.0. The van der Waals surface area contributed by atoms with Crippen LogP contribution in [0.15, 0.2) is 23.1 Å². The summed E-state index contributed by atoms with van der Waals surface area (Å²) < 4.78 is 40.4. The van der Waals surface area contributed by atoms with Crippen molar-refractivity contribution < 1.29 is 22.7 Å². The van der Waals surface area contributed by atoms with E-state index in [4.69, 9.17) is 5.11 Å². The molecule has 2 unspecified atom stereocenters. The van der Waals surface area contributed by atoms with E-state index in [2.05, 4.69) is 4.72 Å². The smallest absolute Gasteiger partial charge is 0.308 e. The molecule has 1 aromatic rings. The molecule has 2 N–H and O–H groups in total. The van der Waals surface area contributed by atoms with Gasteiger partial charge in [-0.15, -0.1) is 0 Å². The molecule has 0 bridgehead atoms. The molecule has 1 aliphatic carbocycles. The Morgan fingerprint density at radius 2 is 2.00 bits per heavy atom. The minimum Gasteiger partial charge on any atom is -0.481 e. The number of sulfonamides is 1. The van der Waals surface area contributed by atoms with E-state index in [1.165, 1.54) is 12.1 Å². The Balaban J connectivity index is 2.23. The lowest BCUT2D eigenvalue weighted by Gasteiger charge is -2.29. The second-order valence-electron chi connectivity index (χ2n) is 5.37. The standard InChI is InChI=1S/C14H18FNO4S/c1-9-6-7-10(8-12(9)15)21(19,20)16-13-5-3-2-4-11(13)14(17)18/h6-8,11,13,16H,2-5H2,1H3,(H,17,18). The van der Waals surface area contributed by atoms with Gasteiger partial charge in [0.2, 0.25) is 10.0 Å². The Bertz CT molecular complexity index is 644. The predicted molar refractivity (Wildman–Crippen MR) is 74.8 cm³/mol. The Hall–Kier alpha value is -1.47. The summed E-state index contributed by atoms with van der Waals surface area (Å²) in [6.07, 6.45) is 2.48. The van der Waals surface area contributed by atoms with Crippen molar-refractivity contribution in [1.82, 2.24) is 4.72 Å². The summed E-state index contributed by atoms with van der Waals surface area (Å²) in [7, 11) is -3.92.